The third-order valence-corrected chi connectivity index (χ3v) is 5.01. The molecule has 0 saturated carbocycles. The molecule has 0 fully saturated rings. The van der Waals surface area contributed by atoms with Crippen molar-refractivity contribution >= 4 is 11.6 Å². The number of para-hydroxylation sites is 2. The van der Waals surface area contributed by atoms with Gasteiger partial charge in [-0.25, -0.2) is 0 Å². The number of ether oxygens (including phenoxy) is 2. The zero-order valence-electron chi connectivity index (χ0n) is 18.2. The Balaban J connectivity index is 1.52. The van der Waals surface area contributed by atoms with E-state index < -0.39 is 0 Å². The van der Waals surface area contributed by atoms with E-state index in [0.29, 0.717) is 30.2 Å². The smallest absolute Gasteiger partial charge is 0.255 e. The van der Waals surface area contributed by atoms with Crippen molar-refractivity contribution in [2.24, 2.45) is 0 Å². The highest BCUT2D eigenvalue weighted by Gasteiger charge is 2.10. The normalized spacial score (nSPS) is 10.5. The van der Waals surface area contributed by atoms with E-state index >= 15 is 0 Å². The Morgan fingerprint density at radius 1 is 0.774 bits per heavy atom. The van der Waals surface area contributed by atoms with Crippen LogP contribution < -0.4 is 14.8 Å². The minimum absolute atomic E-state index is 0.179. The summed E-state index contributed by atoms with van der Waals surface area (Å²) >= 11 is 0. The van der Waals surface area contributed by atoms with Gasteiger partial charge in [-0.2, -0.15) is 0 Å². The molecule has 0 aromatic heterocycles. The van der Waals surface area contributed by atoms with Gasteiger partial charge in [0.25, 0.3) is 5.91 Å². The summed E-state index contributed by atoms with van der Waals surface area (Å²) in [5.41, 5.74) is 2.30. The fourth-order valence-corrected chi connectivity index (χ4v) is 3.22. The van der Waals surface area contributed by atoms with Gasteiger partial charge in [0.05, 0.1) is 12.3 Å². The number of unbranched alkanes of at least 4 members (excludes halogenated alkanes) is 4. The molecule has 1 amide bonds. The summed E-state index contributed by atoms with van der Waals surface area (Å²) < 4.78 is 11.7. The standard InChI is InChI=1S/C27H31NO3/c1-2-3-4-5-11-20-30-24-18-16-23(17-19-24)27(29)28-25-14-9-10-15-26(25)31-21-22-12-7-6-8-13-22/h6-10,12-19H,2-5,11,20-21H2,1H3,(H,28,29). The Bertz CT molecular complexity index is 923. The molecule has 0 heterocycles. The monoisotopic (exact) mass is 417 g/mol. The maximum Gasteiger partial charge on any atom is 0.255 e. The van der Waals surface area contributed by atoms with Crippen molar-refractivity contribution in [1.29, 1.82) is 0 Å². The molecule has 0 aliphatic carbocycles. The van der Waals surface area contributed by atoms with Crippen LogP contribution in [-0.2, 0) is 6.61 Å². The van der Waals surface area contributed by atoms with Gasteiger partial charge in [0.15, 0.2) is 0 Å². The molecule has 0 aliphatic rings. The summed E-state index contributed by atoms with van der Waals surface area (Å²) in [6, 6.07) is 24.7. The van der Waals surface area contributed by atoms with E-state index in [1.807, 2.05) is 66.7 Å². The molecule has 0 unspecified atom stereocenters. The molecule has 4 nitrogen and oxygen atoms in total. The van der Waals surface area contributed by atoms with Gasteiger partial charge in [0.2, 0.25) is 0 Å². The van der Waals surface area contributed by atoms with Gasteiger partial charge in [0.1, 0.15) is 18.1 Å². The Kier molecular flexibility index (Phi) is 8.99. The van der Waals surface area contributed by atoms with Crippen LogP contribution in [0.4, 0.5) is 5.69 Å². The number of hydrogen-bond donors (Lipinski definition) is 1. The number of carbonyl (C=O) groups excluding carboxylic acids is 1. The second kappa shape index (κ2) is 12.4. The van der Waals surface area contributed by atoms with E-state index in [1.54, 1.807) is 12.1 Å². The number of amides is 1. The fourth-order valence-electron chi connectivity index (χ4n) is 3.22. The molecular formula is C27H31NO3. The van der Waals surface area contributed by atoms with Crippen LogP contribution in [0.25, 0.3) is 0 Å². The predicted molar refractivity (Wildman–Crippen MR) is 126 cm³/mol. The van der Waals surface area contributed by atoms with Gasteiger partial charge in [-0.15, -0.1) is 0 Å². The van der Waals surface area contributed by atoms with Crippen molar-refractivity contribution in [2.45, 2.75) is 45.6 Å². The molecular weight excluding hydrogens is 386 g/mol. The zero-order valence-corrected chi connectivity index (χ0v) is 18.2. The average molecular weight is 418 g/mol. The lowest BCUT2D eigenvalue weighted by Crippen LogP contribution is -2.13. The summed E-state index contributed by atoms with van der Waals surface area (Å²) in [4.78, 5) is 12.7. The van der Waals surface area contributed by atoms with E-state index in [4.69, 9.17) is 9.47 Å². The average Bonchev–Trinajstić information content (AvgIpc) is 2.82. The number of anilines is 1. The SMILES string of the molecule is CCCCCCCOc1ccc(C(=O)Nc2ccccc2OCc2ccccc2)cc1. The van der Waals surface area contributed by atoms with Gasteiger partial charge >= 0.3 is 0 Å². The van der Waals surface area contributed by atoms with Gasteiger partial charge in [0, 0.05) is 5.56 Å². The van der Waals surface area contributed by atoms with Crippen molar-refractivity contribution in [3.8, 4) is 11.5 Å². The second-order valence-electron chi connectivity index (χ2n) is 7.51. The van der Waals surface area contributed by atoms with Gasteiger partial charge in [-0.05, 0) is 48.4 Å². The second-order valence-corrected chi connectivity index (χ2v) is 7.51. The van der Waals surface area contributed by atoms with Crippen LogP contribution >= 0.6 is 0 Å². The molecule has 0 atom stereocenters. The maximum absolute atomic E-state index is 12.7. The van der Waals surface area contributed by atoms with Crippen molar-refractivity contribution in [3.05, 3.63) is 90.0 Å². The van der Waals surface area contributed by atoms with E-state index in [9.17, 15) is 4.79 Å². The zero-order chi connectivity index (χ0) is 21.7. The van der Waals surface area contributed by atoms with Gasteiger partial charge < -0.3 is 14.8 Å². The lowest BCUT2D eigenvalue weighted by molar-refractivity contribution is 0.102. The molecule has 0 radical (unpaired) electrons. The van der Waals surface area contributed by atoms with Crippen molar-refractivity contribution in [1.82, 2.24) is 0 Å². The number of benzene rings is 3. The van der Waals surface area contributed by atoms with Crippen LogP contribution in [0.1, 0.15) is 54.9 Å². The quantitative estimate of drug-likeness (QED) is 0.327. The maximum atomic E-state index is 12.7. The minimum Gasteiger partial charge on any atom is -0.494 e. The van der Waals surface area contributed by atoms with Crippen LogP contribution in [0, 0.1) is 0 Å². The molecule has 3 aromatic carbocycles. The summed E-state index contributed by atoms with van der Waals surface area (Å²) in [6.45, 7) is 3.37. The van der Waals surface area contributed by atoms with Gasteiger partial charge in [-0.1, -0.05) is 75.1 Å². The van der Waals surface area contributed by atoms with Crippen LogP contribution in [0.15, 0.2) is 78.9 Å². The third kappa shape index (κ3) is 7.49. The Morgan fingerprint density at radius 3 is 2.26 bits per heavy atom. The van der Waals surface area contributed by atoms with Crippen LogP contribution in [0.5, 0.6) is 11.5 Å². The van der Waals surface area contributed by atoms with Crippen LogP contribution in [-0.4, -0.2) is 12.5 Å². The molecule has 4 heteroatoms. The van der Waals surface area contributed by atoms with E-state index in [1.165, 1.54) is 25.7 Å². The highest BCUT2D eigenvalue weighted by molar-refractivity contribution is 6.05. The highest BCUT2D eigenvalue weighted by Crippen LogP contribution is 2.25. The first-order valence-corrected chi connectivity index (χ1v) is 11.1. The summed E-state index contributed by atoms with van der Waals surface area (Å²) in [6.07, 6.45) is 6.04. The Labute approximate surface area is 185 Å². The van der Waals surface area contributed by atoms with E-state index in [0.717, 1.165) is 17.7 Å². The highest BCUT2D eigenvalue weighted by atomic mass is 16.5. The summed E-state index contributed by atoms with van der Waals surface area (Å²) in [7, 11) is 0. The summed E-state index contributed by atoms with van der Waals surface area (Å²) in [5, 5.41) is 2.95. The van der Waals surface area contributed by atoms with Crippen molar-refractivity contribution < 1.29 is 14.3 Å². The molecule has 162 valence electrons. The molecule has 0 spiro atoms. The van der Waals surface area contributed by atoms with Crippen LogP contribution in [0.3, 0.4) is 0 Å². The predicted octanol–water partition coefficient (Wildman–Crippen LogP) is 6.87. The molecule has 3 rings (SSSR count). The van der Waals surface area contributed by atoms with Crippen LogP contribution in [0.2, 0.25) is 0 Å². The lowest BCUT2D eigenvalue weighted by atomic mass is 10.1. The molecule has 1 N–H and O–H groups in total. The first-order chi connectivity index (χ1) is 15.3. The lowest BCUT2D eigenvalue weighted by Gasteiger charge is -2.13. The number of rotatable bonds is 12. The van der Waals surface area contributed by atoms with E-state index in [-0.39, 0.29) is 5.91 Å². The van der Waals surface area contributed by atoms with Crippen molar-refractivity contribution in [3.63, 3.8) is 0 Å². The third-order valence-electron chi connectivity index (χ3n) is 5.01. The molecule has 0 saturated heterocycles. The molecule has 0 aliphatic heterocycles. The van der Waals surface area contributed by atoms with E-state index in [2.05, 4.69) is 12.2 Å². The summed E-state index contributed by atoms with van der Waals surface area (Å²) in [5.74, 6) is 1.25. The number of nitrogens with one attached hydrogen (secondary N) is 1. The largest absolute Gasteiger partial charge is 0.494 e. The Morgan fingerprint density at radius 2 is 1.48 bits per heavy atom. The fraction of sp³-hybridized carbons (Fsp3) is 0.296. The first-order valence-electron chi connectivity index (χ1n) is 11.1. The molecule has 3 aromatic rings. The molecule has 0 bridgehead atoms. The minimum atomic E-state index is -0.179. The molecule has 31 heavy (non-hydrogen) atoms. The number of carbonyl (C=O) groups is 1. The first kappa shape index (κ1) is 22.4. The van der Waals surface area contributed by atoms with Crippen molar-refractivity contribution in [2.75, 3.05) is 11.9 Å². The van der Waals surface area contributed by atoms with Gasteiger partial charge in [-0.3, -0.25) is 4.79 Å². The number of hydrogen-bond acceptors (Lipinski definition) is 3. The topological polar surface area (TPSA) is 47.6 Å². The Hall–Kier alpha value is -3.27.